The maximum Gasteiger partial charge on any atom is 0.322 e. The van der Waals surface area contributed by atoms with Crippen LogP contribution >= 0.6 is 34.8 Å². The van der Waals surface area contributed by atoms with Crippen LogP contribution in [0.2, 0.25) is 15.1 Å². The minimum absolute atomic E-state index is 0.310. The molecule has 29 heavy (non-hydrogen) atoms. The molecular formula is C22H20Cl3N3O. The molecule has 0 fully saturated rings. The molecule has 0 spiro atoms. The largest absolute Gasteiger partial charge is 0.345 e. The number of anilines is 1. The molecule has 0 radical (unpaired) electrons. The first kappa shape index (κ1) is 21.3. The number of nitrogens with zero attached hydrogens (tertiary/aromatic N) is 2. The third-order valence-corrected chi connectivity index (χ3v) is 5.21. The normalized spacial score (nSPS) is 10.6. The van der Waals surface area contributed by atoms with Crippen molar-refractivity contribution in [3.63, 3.8) is 0 Å². The van der Waals surface area contributed by atoms with Crippen LogP contribution in [0, 0.1) is 0 Å². The van der Waals surface area contributed by atoms with Crippen molar-refractivity contribution in [2.24, 2.45) is 0 Å². The van der Waals surface area contributed by atoms with Crippen molar-refractivity contribution in [2.75, 3.05) is 11.9 Å². The van der Waals surface area contributed by atoms with E-state index in [-0.39, 0.29) is 6.03 Å². The van der Waals surface area contributed by atoms with E-state index in [1.165, 1.54) is 0 Å². The van der Waals surface area contributed by atoms with Gasteiger partial charge in [-0.3, -0.25) is 0 Å². The van der Waals surface area contributed by atoms with Gasteiger partial charge in [0.25, 0.3) is 0 Å². The highest BCUT2D eigenvalue weighted by Gasteiger charge is 2.17. The molecule has 7 heteroatoms. The Morgan fingerprint density at radius 3 is 2.48 bits per heavy atom. The van der Waals surface area contributed by atoms with Gasteiger partial charge in [0.05, 0.1) is 22.3 Å². The number of hydrogen-bond donors (Lipinski definition) is 1. The Hall–Kier alpha value is -2.40. The first-order chi connectivity index (χ1) is 14.0. The fourth-order valence-corrected chi connectivity index (χ4v) is 3.66. The number of halogens is 3. The summed E-state index contributed by atoms with van der Waals surface area (Å²) < 4.78 is 2.08. The van der Waals surface area contributed by atoms with Gasteiger partial charge >= 0.3 is 6.03 Å². The molecule has 2 amide bonds. The number of amides is 2. The topological polar surface area (TPSA) is 37.3 Å². The van der Waals surface area contributed by atoms with Crippen LogP contribution in [0.5, 0.6) is 0 Å². The van der Waals surface area contributed by atoms with E-state index in [9.17, 15) is 4.79 Å². The molecule has 0 saturated carbocycles. The minimum atomic E-state index is -0.310. The third kappa shape index (κ3) is 5.57. The van der Waals surface area contributed by atoms with Crippen molar-refractivity contribution >= 4 is 46.5 Å². The van der Waals surface area contributed by atoms with Crippen LogP contribution in [0.3, 0.4) is 0 Å². The highest BCUT2D eigenvalue weighted by Crippen LogP contribution is 2.30. The zero-order valence-electron chi connectivity index (χ0n) is 15.6. The van der Waals surface area contributed by atoms with Crippen molar-refractivity contribution in [2.45, 2.75) is 13.1 Å². The molecule has 0 aliphatic heterocycles. The second-order valence-corrected chi connectivity index (χ2v) is 7.70. The molecule has 3 aromatic rings. The van der Waals surface area contributed by atoms with Gasteiger partial charge in [-0.25, -0.2) is 4.79 Å². The van der Waals surface area contributed by atoms with Gasteiger partial charge in [-0.05, 0) is 42.0 Å². The average Bonchev–Trinajstić information content (AvgIpc) is 3.11. The summed E-state index contributed by atoms with van der Waals surface area (Å²) >= 11 is 18.4. The number of para-hydroxylation sites is 1. The maximum atomic E-state index is 12.9. The lowest BCUT2D eigenvalue weighted by Crippen LogP contribution is -2.35. The number of carbonyl (C=O) groups excluding carboxylic acids is 1. The number of hydrogen-bond acceptors (Lipinski definition) is 1. The number of carbonyl (C=O) groups is 1. The molecule has 4 nitrogen and oxygen atoms in total. The van der Waals surface area contributed by atoms with E-state index in [0.29, 0.717) is 40.4 Å². The quantitative estimate of drug-likeness (QED) is 0.400. The smallest absolute Gasteiger partial charge is 0.322 e. The van der Waals surface area contributed by atoms with E-state index in [1.54, 1.807) is 29.2 Å². The van der Waals surface area contributed by atoms with E-state index >= 15 is 0 Å². The van der Waals surface area contributed by atoms with Crippen LogP contribution in [0.15, 0.2) is 73.4 Å². The average molecular weight is 449 g/mol. The van der Waals surface area contributed by atoms with E-state index in [4.69, 9.17) is 34.8 Å². The number of benzene rings is 2. The minimum Gasteiger partial charge on any atom is -0.345 e. The standard InChI is InChI=1S/C22H20Cl3N3O/c1-2-11-28(22(29)26-21-19(24)9-4-10-20(21)25)15-18-8-5-12-27(18)14-16-6-3-7-17(23)13-16/h2-10,12-13H,1,11,14-15H2,(H,26,29). The first-order valence-electron chi connectivity index (χ1n) is 8.97. The summed E-state index contributed by atoms with van der Waals surface area (Å²) in [6, 6.07) is 16.4. The van der Waals surface area contributed by atoms with Crippen molar-refractivity contribution in [3.05, 3.63) is 99.8 Å². The van der Waals surface area contributed by atoms with Crippen molar-refractivity contribution < 1.29 is 4.79 Å². The van der Waals surface area contributed by atoms with Crippen molar-refractivity contribution in [1.29, 1.82) is 0 Å². The Bertz CT molecular complexity index is 996. The predicted molar refractivity (Wildman–Crippen MR) is 121 cm³/mol. The molecule has 1 heterocycles. The molecule has 1 N–H and O–H groups in total. The number of aromatic nitrogens is 1. The van der Waals surface area contributed by atoms with Crippen LogP contribution in [-0.2, 0) is 13.1 Å². The lowest BCUT2D eigenvalue weighted by molar-refractivity contribution is 0.214. The van der Waals surface area contributed by atoms with Gasteiger partial charge in [0.2, 0.25) is 0 Å². The second-order valence-electron chi connectivity index (χ2n) is 6.45. The van der Waals surface area contributed by atoms with Crippen LogP contribution < -0.4 is 5.32 Å². The van der Waals surface area contributed by atoms with Gasteiger partial charge in [0.15, 0.2) is 0 Å². The van der Waals surface area contributed by atoms with E-state index in [0.717, 1.165) is 11.3 Å². The highest BCUT2D eigenvalue weighted by molar-refractivity contribution is 6.39. The van der Waals surface area contributed by atoms with Gasteiger partial charge in [-0.15, -0.1) is 6.58 Å². The van der Waals surface area contributed by atoms with Crippen LogP contribution in [0.25, 0.3) is 0 Å². The number of nitrogens with one attached hydrogen (secondary N) is 1. The summed E-state index contributed by atoms with van der Waals surface area (Å²) in [5, 5.41) is 4.26. The molecule has 0 unspecified atom stereocenters. The summed E-state index contributed by atoms with van der Waals surface area (Å²) in [6.07, 6.45) is 3.66. The van der Waals surface area contributed by atoms with Gasteiger partial charge in [-0.1, -0.05) is 59.1 Å². The lowest BCUT2D eigenvalue weighted by Gasteiger charge is -2.23. The Morgan fingerprint density at radius 2 is 1.79 bits per heavy atom. The van der Waals surface area contributed by atoms with Gasteiger partial charge in [0, 0.05) is 30.0 Å². The monoisotopic (exact) mass is 447 g/mol. The van der Waals surface area contributed by atoms with Gasteiger partial charge in [-0.2, -0.15) is 0 Å². The molecule has 0 aliphatic carbocycles. The number of rotatable bonds is 7. The summed E-state index contributed by atoms with van der Waals surface area (Å²) in [6.45, 7) is 5.18. The fourth-order valence-electron chi connectivity index (χ4n) is 2.95. The molecule has 2 aromatic carbocycles. The van der Waals surface area contributed by atoms with Crippen LogP contribution in [0.1, 0.15) is 11.3 Å². The van der Waals surface area contributed by atoms with E-state index in [2.05, 4.69) is 16.5 Å². The molecule has 0 atom stereocenters. The molecule has 3 rings (SSSR count). The van der Waals surface area contributed by atoms with Gasteiger partial charge < -0.3 is 14.8 Å². The van der Waals surface area contributed by atoms with Crippen molar-refractivity contribution in [1.82, 2.24) is 9.47 Å². The second kappa shape index (κ2) is 9.88. The Balaban J connectivity index is 1.76. The number of urea groups is 1. The van der Waals surface area contributed by atoms with E-state index in [1.807, 2.05) is 42.6 Å². The molecule has 150 valence electrons. The summed E-state index contributed by atoms with van der Waals surface area (Å²) in [4.78, 5) is 14.5. The molecule has 0 saturated heterocycles. The fraction of sp³-hybridized carbons (Fsp3) is 0.136. The van der Waals surface area contributed by atoms with Crippen LogP contribution in [0.4, 0.5) is 10.5 Å². The maximum absolute atomic E-state index is 12.9. The zero-order valence-corrected chi connectivity index (χ0v) is 17.9. The summed E-state index contributed by atoms with van der Waals surface area (Å²) in [7, 11) is 0. The van der Waals surface area contributed by atoms with Crippen LogP contribution in [-0.4, -0.2) is 22.0 Å². The third-order valence-electron chi connectivity index (χ3n) is 4.35. The SMILES string of the molecule is C=CCN(Cc1cccn1Cc1cccc(Cl)c1)C(=O)Nc1c(Cl)cccc1Cl. The molecule has 1 aromatic heterocycles. The molecule has 0 aliphatic rings. The molecular weight excluding hydrogens is 429 g/mol. The Labute approximate surface area is 185 Å². The lowest BCUT2D eigenvalue weighted by atomic mass is 10.2. The summed E-state index contributed by atoms with van der Waals surface area (Å²) in [5.41, 5.74) is 2.45. The van der Waals surface area contributed by atoms with E-state index < -0.39 is 0 Å². The van der Waals surface area contributed by atoms with Crippen molar-refractivity contribution in [3.8, 4) is 0 Å². The highest BCUT2D eigenvalue weighted by atomic mass is 35.5. The Kier molecular flexibility index (Phi) is 7.26. The first-order valence-corrected chi connectivity index (χ1v) is 10.1. The summed E-state index contributed by atoms with van der Waals surface area (Å²) in [5.74, 6) is 0. The zero-order chi connectivity index (χ0) is 20.8. The van der Waals surface area contributed by atoms with Gasteiger partial charge in [0.1, 0.15) is 0 Å². The Morgan fingerprint density at radius 1 is 1.07 bits per heavy atom. The molecule has 0 bridgehead atoms. The predicted octanol–water partition coefficient (Wildman–Crippen LogP) is 6.72.